The predicted molar refractivity (Wildman–Crippen MR) is 69.3 cm³/mol. The summed E-state index contributed by atoms with van der Waals surface area (Å²) in [6, 6.07) is 0. The number of carbonyl (C=O) groups is 1. The zero-order valence-corrected chi connectivity index (χ0v) is 12.6. The zero-order valence-electron chi connectivity index (χ0n) is 9.95. The normalized spacial score (nSPS) is 12.9. The average Bonchev–Trinajstić information content (AvgIpc) is 2.12. The van der Waals surface area contributed by atoms with Crippen LogP contribution in [0.15, 0.2) is 12.7 Å². The summed E-state index contributed by atoms with van der Waals surface area (Å²) < 4.78 is 18.2. The second-order valence-corrected chi connectivity index (χ2v) is 6.77. The molecule has 0 bridgehead atoms. The van der Waals surface area contributed by atoms with Crippen LogP contribution in [0.4, 0.5) is 0 Å². The number of rotatable bonds is 6. The van der Waals surface area contributed by atoms with Crippen LogP contribution in [0.25, 0.3) is 0 Å². The number of esters is 1. The van der Waals surface area contributed by atoms with Crippen LogP contribution >= 0.6 is 14.5 Å². The maximum atomic E-state index is 10.7. The molecule has 0 aromatic carbocycles. The Morgan fingerprint density at radius 3 is 2.11 bits per heavy atom. The third-order valence-electron chi connectivity index (χ3n) is 1.27. The molecule has 1 unspecified atom stereocenters. The van der Waals surface area contributed by atoms with Crippen molar-refractivity contribution in [3.63, 3.8) is 0 Å². The van der Waals surface area contributed by atoms with E-state index in [9.17, 15) is 4.79 Å². The molecule has 9 nitrogen and oxygen atoms in total. The fourth-order valence-corrected chi connectivity index (χ4v) is 1.21. The number of carbonyl (C=O) groups excluding carboxylic acids is 1. The van der Waals surface area contributed by atoms with Gasteiger partial charge < -0.3 is 33.7 Å². The lowest BCUT2D eigenvalue weighted by Crippen LogP contribution is -2.14. The number of hydrogen-bond acceptors (Lipinski definition) is 5. The van der Waals surface area contributed by atoms with Crippen LogP contribution in [0.2, 0.25) is 0 Å². The van der Waals surface area contributed by atoms with Crippen LogP contribution in [0.1, 0.15) is 13.3 Å². The smallest absolute Gasteiger partial charge is 0.459 e. The molecule has 114 valence electrons. The zero-order chi connectivity index (χ0) is 15.7. The molecule has 0 radical (unpaired) electrons. The molecule has 0 aliphatic carbocycles. The van der Waals surface area contributed by atoms with Gasteiger partial charge in [0.15, 0.2) is 0 Å². The molecular formula is C7H16O9P2S. The lowest BCUT2D eigenvalue weighted by atomic mass is 10.3. The van der Waals surface area contributed by atoms with Crippen LogP contribution in [0, 0.1) is 0 Å². The third-order valence-corrected chi connectivity index (χ3v) is 2.10. The number of hydrogen-bond donors (Lipinski definition) is 5. The fourth-order valence-electron chi connectivity index (χ4n) is 0.643. The van der Waals surface area contributed by atoms with Gasteiger partial charge in [-0.25, -0.2) is 9.36 Å². The molecule has 5 N–H and O–H groups in total. The van der Waals surface area contributed by atoms with Crippen molar-refractivity contribution in [1.82, 2.24) is 0 Å². The van der Waals surface area contributed by atoms with Crippen molar-refractivity contribution in [2.45, 2.75) is 19.4 Å². The van der Waals surface area contributed by atoms with Gasteiger partial charge >= 0.3 is 20.5 Å². The monoisotopic (exact) mass is 338 g/mol. The maximum Gasteiger partial charge on any atom is 0.466 e. The second-order valence-electron chi connectivity index (χ2n) is 3.08. The van der Waals surface area contributed by atoms with E-state index < -0.39 is 20.5 Å². The van der Waals surface area contributed by atoms with E-state index in [0.717, 1.165) is 6.08 Å². The number of phosphoric acid groups is 1. The van der Waals surface area contributed by atoms with E-state index in [1.807, 2.05) is 0 Å². The molecule has 0 fully saturated rings. The first-order valence-corrected chi connectivity index (χ1v) is 8.85. The van der Waals surface area contributed by atoms with Gasteiger partial charge in [-0.05, 0) is 18.7 Å². The van der Waals surface area contributed by atoms with E-state index in [4.69, 9.17) is 33.8 Å². The third kappa shape index (κ3) is 27.2. The Bertz CT molecular complexity index is 364. The highest BCUT2D eigenvalue weighted by Crippen LogP contribution is 2.36. The molecule has 0 spiro atoms. The lowest BCUT2D eigenvalue weighted by Gasteiger charge is -2.13. The van der Waals surface area contributed by atoms with E-state index in [2.05, 4.69) is 22.9 Å². The molecular weight excluding hydrogens is 322 g/mol. The van der Waals surface area contributed by atoms with Gasteiger partial charge in [0.1, 0.15) is 6.10 Å². The summed E-state index contributed by atoms with van der Waals surface area (Å²) in [5, 5.41) is 0. The van der Waals surface area contributed by atoms with Gasteiger partial charge in [0.25, 0.3) is 0 Å². The first kappa shape index (κ1) is 21.2. The van der Waals surface area contributed by atoms with Gasteiger partial charge in [0, 0.05) is 12.5 Å². The molecule has 0 heterocycles. The van der Waals surface area contributed by atoms with Crippen molar-refractivity contribution in [3.05, 3.63) is 12.7 Å². The van der Waals surface area contributed by atoms with Gasteiger partial charge in [-0.3, -0.25) is 0 Å². The Balaban J connectivity index is 0. The maximum absolute atomic E-state index is 10.7. The van der Waals surface area contributed by atoms with Crippen LogP contribution in [0.3, 0.4) is 0 Å². The SMILES string of the molecule is C=CC(=O)OC(C)CCOP(O)(O)=S.O=P(O)(O)O. The Kier molecular flexibility index (Phi) is 10.8. The summed E-state index contributed by atoms with van der Waals surface area (Å²) >= 11 is 4.22. The van der Waals surface area contributed by atoms with Crippen LogP contribution in [0.5, 0.6) is 0 Å². The van der Waals surface area contributed by atoms with Gasteiger partial charge in [-0.2, -0.15) is 0 Å². The minimum absolute atomic E-state index is 0.0376. The first-order chi connectivity index (χ1) is 8.35. The molecule has 1 atom stereocenters. The highest BCUT2D eigenvalue weighted by Gasteiger charge is 2.11. The summed E-state index contributed by atoms with van der Waals surface area (Å²) in [6.45, 7) is 1.34. The predicted octanol–water partition coefficient (Wildman–Crippen LogP) is -0.209. The summed E-state index contributed by atoms with van der Waals surface area (Å²) in [7, 11) is -4.64. The topological polar surface area (TPSA) is 154 Å². The van der Waals surface area contributed by atoms with Gasteiger partial charge in [-0.1, -0.05) is 6.58 Å². The van der Waals surface area contributed by atoms with Crippen LogP contribution in [-0.2, 0) is 30.4 Å². The van der Waals surface area contributed by atoms with Gasteiger partial charge in [-0.15, -0.1) is 0 Å². The molecule has 0 amide bonds. The highest BCUT2D eigenvalue weighted by atomic mass is 32.5. The standard InChI is InChI=1S/C7H13O5PS.H3O4P/c1-3-7(8)12-6(2)4-5-11-13(9,10)14;1-5(2,3)4/h3,6H,1,4-5H2,2H3,(H2,9,10,14);(H3,1,2,3,4). The van der Waals surface area contributed by atoms with E-state index in [1.54, 1.807) is 6.92 Å². The highest BCUT2D eigenvalue weighted by molar-refractivity contribution is 8.06. The van der Waals surface area contributed by atoms with E-state index in [1.165, 1.54) is 0 Å². The van der Waals surface area contributed by atoms with Crippen molar-refractivity contribution in [2.75, 3.05) is 6.61 Å². The average molecular weight is 338 g/mol. The molecule has 0 aliphatic heterocycles. The quantitative estimate of drug-likeness (QED) is 0.250. The molecule has 0 saturated carbocycles. The van der Waals surface area contributed by atoms with E-state index in [0.29, 0.717) is 6.42 Å². The minimum atomic E-state index is -4.64. The summed E-state index contributed by atoms with van der Waals surface area (Å²) in [5.41, 5.74) is 0. The van der Waals surface area contributed by atoms with Crippen molar-refractivity contribution < 1.29 is 43.1 Å². The molecule has 0 rings (SSSR count). The van der Waals surface area contributed by atoms with Crippen LogP contribution in [-0.4, -0.2) is 43.1 Å². The lowest BCUT2D eigenvalue weighted by molar-refractivity contribution is -0.142. The van der Waals surface area contributed by atoms with Crippen molar-refractivity contribution in [1.29, 1.82) is 0 Å². The largest absolute Gasteiger partial charge is 0.466 e. The second kappa shape index (κ2) is 9.71. The molecule has 0 aliphatic rings. The van der Waals surface area contributed by atoms with Crippen molar-refractivity contribution >= 4 is 32.3 Å². The van der Waals surface area contributed by atoms with Gasteiger partial charge in [0.05, 0.1) is 6.61 Å². The fraction of sp³-hybridized carbons (Fsp3) is 0.571. The molecule has 19 heavy (non-hydrogen) atoms. The van der Waals surface area contributed by atoms with Gasteiger partial charge in [0.2, 0.25) is 0 Å². The van der Waals surface area contributed by atoms with Crippen molar-refractivity contribution in [3.8, 4) is 0 Å². The van der Waals surface area contributed by atoms with Crippen LogP contribution < -0.4 is 0 Å². The van der Waals surface area contributed by atoms with E-state index >= 15 is 0 Å². The summed E-state index contributed by atoms with van der Waals surface area (Å²) in [4.78, 5) is 49.6. The summed E-state index contributed by atoms with van der Waals surface area (Å²) in [5.74, 6) is -0.523. The minimum Gasteiger partial charge on any atom is -0.459 e. The Morgan fingerprint density at radius 1 is 1.37 bits per heavy atom. The Hall–Kier alpha value is -0.150. The van der Waals surface area contributed by atoms with Crippen molar-refractivity contribution in [2.24, 2.45) is 0 Å². The number of ether oxygens (including phenoxy) is 1. The first-order valence-electron chi connectivity index (χ1n) is 4.66. The Labute approximate surface area is 115 Å². The molecule has 0 aromatic rings. The molecule has 12 heteroatoms. The Morgan fingerprint density at radius 2 is 1.79 bits per heavy atom. The molecule has 0 aromatic heterocycles. The van der Waals surface area contributed by atoms with E-state index in [-0.39, 0.29) is 12.7 Å². The molecule has 0 saturated heterocycles. The summed E-state index contributed by atoms with van der Waals surface area (Å²) in [6.07, 6.45) is 1.03.